The van der Waals surface area contributed by atoms with Gasteiger partial charge in [0.25, 0.3) is 0 Å². The monoisotopic (exact) mass is 453 g/mol. The lowest BCUT2D eigenvalue weighted by molar-refractivity contribution is -0.127. The van der Waals surface area contributed by atoms with Crippen molar-refractivity contribution in [2.45, 2.75) is 39.7 Å². The number of aryl methyl sites for hydroxylation is 3. The van der Waals surface area contributed by atoms with Crippen molar-refractivity contribution in [1.82, 2.24) is 10.3 Å². The number of carbonyl (C=O) groups excluding carboxylic acids is 2. The number of aromatic amines is 1. The van der Waals surface area contributed by atoms with E-state index < -0.39 is 6.04 Å². The van der Waals surface area contributed by atoms with E-state index in [2.05, 4.69) is 36.3 Å². The minimum absolute atomic E-state index is 0.147. The molecular formula is C29H31N3O2. The van der Waals surface area contributed by atoms with E-state index in [0.717, 1.165) is 44.5 Å². The number of amides is 2. The Labute approximate surface area is 200 Å². The molecule has 1 heterocycles. The van der Waals surface area contributed by atoms with Gasteiger partial charge in [-0.05, 0) is 55.2 Å². The smallest absolute Gasteiger partial charge is 0.249 e. The minimum Gasteiger partial charge on any atom is -0.358 e. The molecule has 1 aromatic heterocycles. The van der Waals surface area contributed by atoms with Crippen LogP contribution >= 0.6 is 0 Å². The highest BCUT2D eigenvalue weighted by atomic mass is 16.2. The molecule has 5 heteroatoms. The Morgan fingerprint density at radius 1 is 0.882 bits per heavy atom. The molecule has 2 N–H and O–H groups in total. The number of aromatic nitrogens is 1. The third-order valence-electron chi connectivity index (χ3n) is 6.42. The van der Waals surface area contributed by atoms with Crippen LogP contribution in [0.25, 0.3) is 10.9 Å². The molecule has 4 rings (SSSR count). The second-order valence-electron chi connectivity index (χ2n) is 8.90. The fourth-order valence-corrected chi connectivity index (χ4v) is 4.50. The number of carbonyl (C=O) groups is 2. The minimum atomic E-state index is -0.673. The third kappa shape index (κ3) is 4.88. The van der Waals surface area contributed by atoms with Crippen molar-refractivity contribution in [2.24, 2.45) is 0 Å². The van der Waals surface area contributed by atoms with Gasteiger partial charge >= 0.3 is 0 Å². The zero-order chi connectivity index (χ0) is 24.2. The van der Waals surface area contributed by atoms with Crippen LogP contribution in [0.15, 0.2) is 72.8 Å². The summed E-state index contributed by atoms with van der Waals surface area (Å²) in [5.74, 6) is -0.313. The van der Waals surface area contributed by atoms with Crippen molar-refractivity contribution in [3.05, 3.63) is 101 Å². The molecule has 1 atom stereocenters. The largest absolute Gasteiger partial charge is 0.358 e. The van der Waals surface area contributed by atoms with Crippen LogP contribution in [0.2, 0.25) is 0 Å². The number of fused-ring (bicyclic) bond motifs is 1. The maximum Gasteiger partial charge on any atom is 0.249 e. The van der Waals surface area contributed by atoms with Gasteiger partial charge in [-0.3, -0.25) is 9.59 Å². The molecule has 5 nitrogen and oxygen atoms in total. The Bertz CT molecular complexity index is 1310. The number of rotatable bonds is 7. The highest BCUT2D eigenvalue weighted by Gasteiger charge is 2.26. The van der Waals surface area contributed by atoms with Crippen LogP contribution in [0, 0.1) is 20.8 Å². The summed E-state index contributed by atoms with van der Waals surface area (Å²) in [6.07, 6.45) is 0.636. The number of anilines is 1. The van der Waals surface area contributed by atoms with E-state index in [9.17, 15) is 9.59 Å². The summed E-state index contributed by atoms with van der Waals surface area (Å²) in [6, 6.07) is 22.8. The van der Waals surface area contributed by atoms with Crippen molar-refractivity contribution in [1.29, 1.82) is 0 Å². The highest BCUT2D eigenvalue weighted by Crippen LogP contribution is 2.28. The van der Waals surface area contributed by atoms with Crippen molar-refractivity contribution in [2.75, 3.05) is 11.9 Å². The van der Waals surface area contributed by atoms with E-state index in [4.69, 9.17) is 0 Å². The van der Waals surface area contributed by atoms with Gasteiger partial charge in [-0.2, -0.15) is 0 Å². The zero-order valence-electron chi connectivity index (χ0n) is 20.2. The summed E-state index contributed by atoms with van der Waals surface area (Å²) in [4.78, 5) is 31.8. The highest BCUT2D eigenvalue weighted by molar-refractivity contribution is 6.00. The summed E-state index contributed by atoms with van der Waals surface area (Å²) in [5, 5.41) is 4.13. The second kappa shape index (κ2) is 9.96. The summed E-state index contributed by atoms with van der Waals surface area (Å²) >= 11 is 0. The number of para-hydroxylation sites is 1. The molecule has 4 aromatic rings. The molecule has 0 fully saturated rings. The van der Waals surface area contributed by atoms with Crippen molar-refractivity contribution >= 4 is 28.4 Å². The predicted octanol–water partition coefficient (Wildman–Crippen LogP) is 5.03. The summed E-state index contributed by atoms with van der Waals surface area (Å²) in [7, 11) is 1.75. The number of benzene rings is 3. The molecule has 174 valence electrons. The lowest BCUT2D eigenvalue weighted by atomic mass is 10.00. The van der Waals surface area contributed by atoms with Gasteiger partial charge in [0, 0.05) is 35.8 Å². The van der Waals surface area contributed by atoms with Gasteiger partial charge in [-0.25, -0.2) is 0 Å². The van der Waals surface area contributed by atoms with E-state index >= 15 is 0 Å². The van der Waals surface area contributed by atoms with Gasteiger partial charge < -0.3 is 15.2 Å². The third-order valence-corrected chi connectivity index (χ3v) is 6.42. The van der Waals surface area contributed by atoms with Gasteiger partial charge in [0.05, 0.1) is 6.42 Å². The SMILES string of the molecule is Cc1[nH]c2c(C)ccc(C)c2c1CC(=O)N[C@@H](Cc1ccccc1)C(=O)N(C)c1ccccc1. The quantitative estimate of drug-likeness (QED) is 0.412. The molecule has 2 amide bonds. The molecule has 0 aliphatic carbocycles. The van der Waals surface area contributed by atoms with Crippen molar-refractivity contribution in [3.63, 3.8) is 0 Å². The van der Waals surface area contributed by atoms with Crippen molar-refractivity contribution in [3.8, 4) is 0 Å². The van der Waals surface area contributed by atoms with E-state index in [1.165, 1.54) is 0 Å². The van der Waals surface area contributed by atoms with E-state index in [1.807, 2.05) is 67.6 Å². The first-order valence-corrected chi connectivity index (χ1v) is 11.6. The Balaban J connectivity index is 1.59. The second-order valence-corrected chi connectivity index (χ2v) is 8.90. The molecule has 0 aliphatic heterocycles. The van der Waals surface area contributed by atoms with Gasteiger partial charge in [0.15, 0.2) is 0 Å². The fourth-order valence-electron chi connectivity index (χ4n) is 4.50. The molecule has 0 radical (unpaired) electrons. The van der Waals surface area contributed by atoms with Gasteiger partial charge in [-0.15, -0.1) is 0 Å². The van der Waals surface area contributed by atoms with Crippen LogP contribution < -0.4 is 10.2 Å². The van der Waals surface area contributed by atoms with Gasteiger partial charge in [0.1, 0.15) is 6.04 Å². The molecular weight excluding hydrogens is 422 g/mol. The van der Waals surface area contributed by atoms with Crippen LogP contribution in [-0.2, 0) is 22.4 Å². The van der Waals surface area contributed by atoms with E-state index in [-0.39, 0.29) is 18.2 Å². The molecule has 3 aromatic carbocycles. The molecule has 0 unspecified atom stereocenters. The molecule has 0 saturated carbocycles. The van der Waals surface area contributed by atoms with Crippen LogP contribution in [0.4, 0.5) is 5.69 Å². The molecule has 0 saturated heterocycles. The molecule has 34 heavy (non-hydrogen) atoms. The number of nitrogens with one attached hydrogen (secondary N) is 2. The molecule has 0 spiro atoms. The van der Waals surface area contributed by atoms with Crippen LogP contribution in [0.5, 0.6) is 0 Å². The molecule has 0 aliphatic rings. The normalized spacial score (nSPS) is 11.9. The van der Waals surface area contributed by atoms with Crippen LogP contribution in [0.3, 0.4) is 0 Å². The average molecular weight is 454 g/mol. The zero-order valence-corrected chi connectivity index (χ0v) is 20.2. The lowest BCUT2D eigenvalue weighted by Crippen LogP contribution is -2.49. The lowest BCUT2D eigenvalue weighted by Gasteiger charge is -2.25. The predicted molar refractivity (Wildman–Crippen MR) is 138 cm³/mol. The number of likely N-dealkylation sites (N-methyl/N-ethyl adjacent to an activating group) is 1. The van der Waals surface area contributed by atoms with Crippen molar-refractivity contribution < 1.29 is 9.59 Å². The summed E-state index contributed by atoms with van der Waals surface area (Å²) < 4.78 is 0. The number of hydrogen-bond acceptors (Lipinski definition) is 2. The first-order chi connectivity index (χ1) is 16.3. The Morgan fingerprint density at radius 2 is 1.50 bits per heavy atom. The maximum absolute atomic E-state index is 13.5. The Morgan fingerprint density at radius 3 is 2.18 bits per heavy atom. The standard InChI is InChI=1S/C29H31N3O2/c1-19-15-16-20(2)28-27(19)24(21(3)30-28)18-26(33)31-25(17-22-11-7-5-8-12-22)29(34)32(4)23-13-9-6-10-14-23/h5-16,25,30H,17-18H2,1-4H3,(H,31,33)/t25-/m0/s1. The average Bonchev–Trinajstić information content (AvgIpc) is 3.18. The first-order valence-electron chi connectivity index (χ1n) is 11.6. The fraction of sp³-hybridized carbons (Fsp3) is 0.241. The topological polar surface area (TPSA) is 65.2 Å². The first kappa shape index (κ1) is 23.3. The van der Waals surface area contributed by atoms with Crippen LogP contribution in [-0.4, -0.2) is 29.9 Å². The van der Waals surface area contributed by atoms with Crippen LogP contribution in [0.1, 0.15) is 27.9 Å². The summed E-state index contributed by atoms with van der Waals surface area (Å²) in [6.45, 7) is 6.12. The number of nitrogens with zero attached hydrogens (tertiary/aromatic N) is 1. The summed E-state index contributed by atoms with van der Waals surface area (Å²) in [5.41, 5.74) is 7.10. The number of H-pyrrole nitrogens is 1. The van der Waals surface area contributed by atoms with Gasteiger partial charge in [0.2, 0.25) is 11.8 Å². The molecule has 0 bridgehead atoms. The maximum atomic E-state index is 13.5. The van der Waals surface area contributed by atoms with E-state index in [1.54, 1.807) is 11.9 Å². The Hall–Kier alpha value is -3.86. The van der Waals surface area contributed by atoms with Gasteiger partial charge in [-0.1, -0.05) is 60.7 Å². The Kier molecular flexibility index (Phi) is 6.82. The number of hydrogen-bond donors (Lipinski definition) is 2. The van der Waals surface area contributed by atoms with E-state index in [0.29, 0.717) is 6.42 Å².